The Morgan fingerprint density at radius 1 is 1.07 bits per heavy atom. The number of carbonyl (C=O) groups is 1. The van der Waals surface area contributed by atoms with Gasteiger partial charge in [0, 0.05) is 46.0 Å². The Bertz CT molecular complexity index is 1810. The van der Waals surface area contributed by atoms with E-state index in [1.807, 2.05) is 72.9 Å². The van der Waals surface area contributed by atoms with Gasteiger partial charge in [-0.3, -0.25) is 4.79 Å². The first-order valence-corrected chi connectivity index (χ1v) is 15.2. The normalized spacial score (nSPS) is 15.0. The molecule has 6 heteroatoms. The Balaban J connectivity index is 1.36. The van der Waals surface area contributed by atoms with Crippen molar-refractivity contribution in [2.45, 2.75) is 46.6 Å². The van der Waals surface area contributed by atoms with Gasteiger partial charge in [-0.15, -0.1) is 11.3 Å². The molecule has 1 atom stereocenters. The van der Waals surface area contributed by atoms with Crippen LogP contribution in [0.5, 0.6) is 0 Å². The number of benzene rings is 3. The molecule has 3 aromatic carbocycles. The Hall–Kier alpha value is -4.47. The van der Waals surface area contributed by atoms with E-state index in [1.54, 1.807) is 11.3 Å². The molecule has 1 aliphatic rings. The number of anilines is 1. The molecule has 1 aliphatic carbocycles. The van der Waals surface area contributed by atoms with E-state index in [0.717, 1.165) is 57.5 Å². The number of fused-ring (bicyclic) bond motifs is 2. The number of amides is 1. The van der Waals surface area contributed by atoms with Crippen LogP contribution >= 0.6 is 11.3 Å². The van der Waals surface area contributed by atoms with E-state index in [0.29, 0.717) is 23.6 Å². The zero-order valence-corrected chi connectivity index (χ0v) is 25.0. The summed E-state index contributed by atoms with van der Waals surface area (Å²) >= 11 is 1.67. The molecule has 1 N–H and O–H groups in total. The third-order valence-corrected chi connectivity index (χ3v) is 9.47. The van der Waals surface area contributed by atoms with Crippen LogP contribution < -0.4 is 5.32 Å². The van der Waals surface area contributed by atoms with Crippen molar-refractivity contribution in [3.63, 3.8) is 0 Å². The summed E-state index contributed by atoms with van der Waals surface area (Å²) in [5.41, 5.74) is 6.77. The highest BCUT2D eigenvalue weighted by atomic mass is 32.1. The van der Waals surface area contributed by atoms with Gasteiger partial charge >= 0.3 is 0 Å². The van der Waals surface area contributed by atoms with Gasteiger partial charge in [0.1, 0.15) is 5.00 Å². The molecule has 0 bridgehead atoms. The molecule has 0 fully saturated rings. The quantitative estimate of drug-likeness (QED) is 0.207. The van der Waals surface area contributed by atoms with E-state index in [4.69, 9.17) is 10.3 Å². The second kappa shape index (κ2) is 11.4. The lowest BCUT2D eigenvalue weighted by atomic mass is 9.72. The lowest BCUT2D eigenvalue weighted by Crippen LogP contribution is -2.27. The summed E-state index contributed by atoms with van der Waals surface area (Å²) in [5.74, 6) is 0.481. The SMILES string of the molecule is CC(C)(C)[C@H]1CCc2c(sc(N=Cc3cn(Cc4ccc(C#N)cc4)c4ccccc34)c2C(=O)Nc2ccccc2)C1. The second-order valence-electron chi connectivity index (χ2n) is 12.1. The number of para-hydroxylation sites is 2. The van der Waals surface area contributed by atoms with E-state index in [9.17, 15) is 4.79 Å². The number of aliphatic imine (C=N–C) groups is 1. The summed E-state index contributed by atoms with van der Waals surface area (Å²) in [5, 5.41) is 14.1. The maximum absolute atomic E-state index is 13.7. The number of rotatable bonds is 6. The molecule has 1 amide bonds. The minimum absolute atomic E-state index is 0.0942. The van der Waals surface area contributed by atoms with Gasteiger partial charge in [0.2, 0.25) is 0 Å². The smallest absolute Gasteiger partial charge is 0.259 e. The molecule has 42 heavy (non-hydrogen) atoms. The lowest BCUT2D eigenvalue weighted by molar-refractivity contribution is 0.102. The number of aromatic nitrogens is 1. The number of nitriles is 1. The fourth-order valence-electron chi connectivity index (χ4n) is 5.87. The molecule has 210 valence electrons. The van der Waals surface area contributed by atoms with Gasteiger partial charge in [-0.25, -0.2) is 4.99 Å². The molecule has 0 saturated heterocycles. The van der Waals surface area contributed by atoms with E-state index in [2.05, 4.69) is 55.1 Å². The summed E-state index contributed by atoms with van der Waals surface area (Å²) in [6.45, 7) is 7.62. The van der Waals surface area contributed by atoms with Gasteiger partial charge in [-0.2, -0.15) is 5.26 Å². The molecule has 2 aromatic heterocycles. The molecule has 2 heterocycles. The van der Waals surface area contributed by atoms with Crippen molar-refractivity contribution in [1.29, 1.82) is 5.26 Å². The van der Waals surface area contributed by atoms with E-state index in [-0.39, 0.29) is 11.3 Å². The van der Waals surface area contributed by atoms with Crippen LogP contribution in [0.3, 0.4) is 0 Å². The molecule has 6 rings (SSSR count). The third kappa shape index (κ3) is 5.66. The maximum Gasteiger partial charge on any atom is 0.259 e. The molecule has 0 radical (unpaired) electrons. The first kappa shape index (κ1) is 27.7. The fourth-order valence-corrected chi connectivity index (χ4v) is 7.14. The topological polar surface area (TPSA) is 70.2 Å². The minimum Gasteiger partial charge on any atom is -0.342 e. The van der Waals surface area contributed by atoms with E-state index >= 15 is 0 Å². The fraction of sp³-hybridized carbons (Fsp3) is 0.250. The molecule has 0 aliphatic heterocycles. The van der Waals surface area contributed by atoms with Crippen molar-refractivity contribution < 1.29 is 4.79 Å². The third-order valence-electron chi connectivity index (χ3n) is 8.31. The van der Waals surface area contributed by atoms with Crippen molar-refractivity contribution in [3.05, 3.63) is 118 Å². The molecular formula is C36H34N4OS. The van der Waals surface area contributed by atoms with Gasteiger partial charge in [0.15, 0.2) is 0 Å². The molecule has 0 saturated carbocycles. The largest absolute Gasteiger partial charge is 0.342 e. The number of nitrogens with one attached hydrogen (secondary N) is 1. The Morgan fingerprint density at radius 3 is 2.55 bits per heavy atom. The average molecular weight is 571 g/mol. The van der Waals surface area contributed by atoms with Gasteiger partial charge in [-0.1, -0.05) is 69.3 Å². The first-order chi connectivity index (χ1) is 20.3. The lowest BCUT2D eigenvalue weighted by Gasteiger charge is -2.33. The number of hydrogen-bond donors (Lipinski definition) is 1. The molecule has 0 unspecified atom stereocenters. The molecular weight excluding hydrogens is 536 g/mol. The van der Waals surface area contributed by atoms with Crippen LogP contribution in [-0.2, 0) is 19.4 Å². The number of thiophene rings is 1. The summed E-state index contributed by atoms with van der Waals surface area (Å²) in [6, 6.07) is 27.8. The predicted molar refractivity (Wildman–Crippen MR) is 173 cm³/mol. The van der Waals surface area contributed by atoms with Gasteiger partial charge in [-0.05, 0) is 72.1 Å². The Morgan fingerprint density at radius 2 is 1.81 bits per heavy atom. The second-order valence-corrected chi connectivity index (χ2v) is 13.2. The summed E-state index contributed by atoms with van der Waals surface area (Å²) in [4.78, 5) is 20.0. The van der Waals surface area contributed by atoms with Gasteiger partial charge in [0.05, 0.1) is 17.2 Å². The molecule has 0 spiro atoms. The summed E-state index contributed by atoms with van der Waals surface area (Å²) in [6.07, 6.45) is 6.98. The van der Waals surface area contributed by atoms with Gasteiger partial charge in [0.25, 0.3) is 5.91 Å². The minimum atomic E-state index is -0.0942. The van der Waals surface area contributed by atoms with Crippen LogP contribution in [0, 0.1) is 22.7 Å². The zero-order chi connectivity index (χ0) is 29.3. The average Bonchev–Trinajstić information content (AvgIpc) is 3.54. The highest BCUT2D eigenvalue weighted by Crippen LogP contribution is 2.45. The van der Waals surface area contributed by atoms with Crippen LogP contribution in [0.4, 0.5) is 10.7 Å². The van der Waals surface area contributed by atoms with E-state index < -0.39 is 0 Å². The maximum atomic E-state index is 13.7. The summed E-state index contributed by atoms with van der Waals surface area (Å²) < 4.78 is 2.22. The van der Waals surface area contributed by atoms with E-state index in [1.165, 1.54) is 4.88 Å². The Kier molecular flexibility index (Phi) is 7.53. The monoisotopic (exact) mass is 570 g/mol. The van der Waals surface area contributed by atoms with Crippen LogP contribution in [0.1, 0.15) is 64.7 Å². The number of carbonyl (C=O) groups excluding carboxylic acids is 1. The standard InChI is InChI=1S/C36H34N4OS/c1-36(2,3)27-17-18-30-32(19-27)42-35(33(30)34(41)39-28-9-5-4-6-10-28)38-21-26-23-40(31-12-8-7-11-29(26)31)22-25-15-13-24(20-37)14-16-25/h4-16,21,23,27H,17-19,22H2,1-3H3,(H,39,41)/t27-/m0/s1. The van der Waals surface area contributed by atoms with Crippen LogP contribution in [0.15, 0.2) is 90.1 Å². The highest BCUT2D eigenvalue weighted by molar-refractivity contribution is 7.16. The number of hydrogen-bond acceptors (Lipinski definition) is 4. The zero-order valence-electron chi connectivity index (χ0n) is 24.2. The highest BCUT2D eigenvalue weighted by Gasteiger charge is 2.33. The van der Waals surface area contributed by atoms with Crippen molar-refractivity contribution in [1.82, 2.24) is 4.57 Å². The van der Waals surface area contributed by atoms with Crippen molar-refractivity contribution >= 4 is 45.0 Å². The Labute approximate surface area is 251 Å². The van der Waals surface area contributed by atoms with Gasteiger partial charge < -0.3 is 9.88 Å². The molecule has 5 nitrogen and oxygen atoms in total. The van der Waals surface area contributed by atoms with Crippen LogP contribution in [0.25, 0.3) is 10.9 Å². The van der Waals surface area contributed by atoms with Crippen molar-refractivity contribution in [2.24, 2.45) is 16.3 Å². The van der Waals surface area contributed by atoms with Crippen LogP contribution in [0.2, 0.25) is 0 Å². The summed E-state index contributed by atoms with van der Waals surface area (Å²) in [7, 11) is 0. The molecule has 5 aromatic rings. The first-order valence-electron chi connectivity index (χ1n) is 14.4. The predicted octanol–water partition coefficient (Wildman–Crippen LogP) is 8.78. The number of nitrogens with zero attached hydrogens (tertiary/aromatic N) is 3. The van der Waals surface area contributed by atoms with Crippen molar-refractivity contribution in [2.75, 3.05) is 5.32 Å². The van der Waals surface area contributed by atoms with Crippen LogP contribution in [-0.4, -0.2) is 16.7 Å². The van der Waals surface area contributed by atoms with Crippen molar-refractivity contribution in [3.8, 4) is 6.07 Å².